The van der Waals surface area contributed by atoms with Crippen LogP contribution in [0.1, 0.15) is 5.69 Å². The van der Waals surface area contributed by atoms with Gasteiger partial charge in [0.25, 0.3) is 10.0 Å². The number of H-pyrrole nitrogens is 1. The number of likely N-dealkylation sites (N-methyl/N-ethyl adjacent to an activating group) is 1. The highest BCUT2D eigenvalue weighted by atomic mass is 32.2. The van der Waals surface area contributed by atoms with Crippen LogP contribution in [0.4, 0.5) is 17.3 Å². The number of nitrogens with two attached hydrogens (primary N) is 1. The van der Waals surface area contributed by atoms with Crippen molar-refractivity contribution in [1.82, 2.24) is 30.0 Å². The summed E-state index contributed by atoms with van der Waals surface area (Å²) < 4.78 is 27.8. The fraction of sp³-hybridized carbons (Fsp3) is 0.238. The van der Waals surface area contributed by atoms with Crippen LogP contribution in [-0.2, 0) is 10.0 Å². The van der Waals surface area contributed by atoms with Gasteiger partial charge in [0.1, 0.15) is 16.5 Å². The number of benzene rings is 1. The average Bonchev–Trinajstić information content (AvgIpc) is 3.15. The summed E-state index contributed by atoms with van der Waals surface area (Å²) in [5.74, 6) is 1.12. The first-order valence-electron chi connectivity index (χ1n) is 10.2. The Balaban J connectivity index is 1.61. The Morgan fingerprint density at radius 2 is 1.88 bits per heavy atom. The van der Waals surface area contributed by atoms with Crippen molar-refractivity contribution < 1.29 is 8.42 Å². The number of anilines is 3. The summed E-state index contributed by atoms with van der Waals surface area (Å²) in [5, 5.41) is 11.4. The topological polar surface area (TPSA) is 155 Å². The minimum absolute atomic E-state index is 0.0625. The lowest BCUT2D eigenvalue weighted by molar-refractivity contribution is 0.425. The molecule has 0 atom stereocenters. The Morgan fingerprint density at radius 3 is 2.58 bits per heavy atom. The van der Waals surface area contributed by atoms with Crippen LogP contribution in [0.2, 0.25) is 0 Å². The molecule has 1 aromatic carbocycles. The summed E-state index contributed by atoms with van der Waals surface area (Å²) >= 11 is 0. The van der Waals surface area contributed by atoms with Gasteiger partial charge >= 0.3 is 0 Å². The predicted octanol–water partition coefficient (Wildman–Crippen LogP) is 2.08. The molecule has 0 radical (unpaired) electrons. The van der Waals surface area contributed by atoms with Gasteiger partial charge in [0.05, 0.1) is 11.1 Å². The second-order valence-electron chi connectivity index (χ2n) is 7.73. The van der Waals surface area contributed by atoms with Gasteiger partial charge in [0.2, 0.25) is 0 Å². The van der Waals surface area contributed by atoms with Crippen LogP contribution in [0.3, 0.4) is 0 Å². The third-order valence-corrected chi connectivity index (χ3v) is 6.37. The molecule has 0 aliphatic heterocycles. The number of nitrogens with zero attached hydrogens (tertiary/aromatic N) is 5. The lowest BCUT2D eigenvalue weighted by Gasteiger charge is -2.13. The zero-order valence-electron chi connectivity index (χ0n) is 18.5. The van der Waals surface area contributed by atoms with E-state index >= 15 is 0 Å². The number of hydrogen-bond acceptors (Lipinski definition) is 9. The number of aromatic nitrogens is 5. The third kappa shape index (κ3) is 4.86. The average molecular weight is 468 g/mol. The van der Waals surface area contributed by atoms with E-state index < -0.39 is 10.0 Å². The van der Waals surface area contributed by atoms with Gasteiger partial charge in [-0.1, -0.05) is 0 Å². The number of aromatic amines is 1. The van der Waals surface area contributed by atoms with E-state index in [1.54, 1.807) is 24.3 Å². The van der Waals surface area contributed by atoms with Crippen LogP contribution in [0, 0.1) is 6.92 Å². The van der Waals surface area contributed by atoms with E-state index in [2.05, 4.69) is 35.1 Å². The molecule has 0 fully saturated rings. The maximum atomic E-state index is 12.6. The smallest absolute Gasteiger partial charge is 0.265 e. The normalized spacial score (nSPS) is 11.8. The van der Waals surface area contributed by atoms with Crippen LogP contribution in [0.15, 0.2) is 47.5 Å². The molecule has 11 nitrogen and oxygen atoms in total. The van der Waals surface area contributed by atoms with E-state index in [0.717, 1.165) is 23.2 Å². The molecule has 5 N–H and O–H groups in total. The zero-order valence-corrected chi connectivity index (χ0v) is 19.3. The number of hydrogen-bond donors (Lipinski definition) is 4. The maximum absolute atomic E-state index is 12.6. The number of pyridine rings is 1. The molecule has 3 heterocycles. The van der Waals surface area contributed by atoms with Gasteiger partial charge in [0.15, 0.2) is 11.5 Å². The minimum Gasteiger partial charge on any atom is -0.383 e. The molecule has 0 spiro atoms. The van der Waals surface area contributed by atoms with Crippen molar-refractivity contribution in [2.45, 2.75) is 11.8 Å². The van der Waals surface area contributed by atoms with E-state index in [1.165, 1.54) is 18.3 Å². The molecule has 0 saturated heterocycles. The van der Waals surface area contributed by atoms with Gasteiger partial charge in [-0.2, -0.15) is 5.10 Å². The Labute approximate surface area is 191 Å². The van der Waals surface area contributed by atoms with Crippen LogP contribution in [0.25, 0.3) is 22.4 Å². The van der Waals surface area contributed by atoms with Gasteiger partial charge in [-0.05, 0) is 57.4 Å². The molecule has 33 heavy (non-hydrogen) atoms. The van der Waals surface area contributed by atoms with Gasteiger partial charge in [-0.15, -0.1) is 0 Å². The minimum atomic E-state index is -3.87. The molecule has 12 heteroatoms. The first kappa shape index (κ1) is 22.4. The maximum Gasteiger partial charge on any atom is 0.265 e. The lowest BCUT2D eigenvalue weighted by Crippen LogP contribution is -2.21. The highest BCUT2D eigenvalue weighted by molar-refractivity contribution is 7.92. The number of nitrogen functional groups attached to an aromatic ring is 1. The number of rotatable bonds is 8. The van der Waals surface area contributed by atoms with Crippen LogP contribution in [0.5, 0.6) is 0 Å². The molecule has 0 aliphatic carbocycles. The van der Waals surface area contributed by atoms with Crippen LogP contribution in [-0.4, -0.2) is 65.7 Å². The SMILES string of the molecule is Cc1n[nH]c2nc(-c3ccc(NS(=O)(=O)c4cccnc4N)cc3)nc(NCCN(C)C)c12. The summed E-state index contributed by atoms with van der Waals surface area (Å²) in [7, 11) is 0.141. The molecule has 3 aromatic heterocycles. The van der Waals surface area contributed by atoms with Crippen molar-refractivity contribution >= 4 is 38.4 Å². The summed E-state index contributed by atoms with van der Waals surface area (Å²) in [4.78, 5) is 15.1. The standard InChI is InChI=1S/C21H25N9O2S/c1-13-17-20(24-11-12-30(2)3)25-19(26-21(17)28-27-13)14-6-8-15(9-7-14)29-33(31,32)16-5-4-10-23-18(16)22/h4-10,29H,11-12H2,1-3H3,(H2,22,23)(H2,24,25,26,27,28). The quantitative estimate of drug-likeness (QED) is 0.305. The summed E-state index contributed by atoms with van der Waals surface area (Å²) in [6.45, 7) is 3.45. The molecule has 4 aromatic rings. The van der Waals surface area contributed by atoms with Gasteiger partial charge in [-0.25, -0.2) is 23.4 Å². The van der Waals surface area contributed by atoms with Gasteiger partial charge in [-0.3, -0.25) is 9.82 Å². The van der Waals surface area contributed by atoms with E-state index in [1.807, 2.05) is 21.0 Å². The molecule has 172 valence electrons. The van der Waals surface area contributed by atoms with Crippen molar-refractivity contribution in [1.29, 1.82) is 0 Å². The molecule has 0 amide bonds. The van der Waals surface area contributed by atoms with Crippen molar-refractivity contribution in [3.05, 3.63) is 48.3 Å². The Bertz CT molecular complexity index is 1380. The van der Waals surface area contributed by atoms with Gasteiger partial charge in [0, 0.05) is 30.5 Å². The third-order valence-electron chi connectivity index (χ3n) is 4.94. The first-order valence-corrected chi connectivity index (χ1v) is 11.7. The van der Waals surface area contributed by atoms with E-state index in [4.69, 9.17) is 10.7 Å². The summed E-state index contributed by atoms with van der Waals surface area (Å²) in [6, 6.07) is 9.70. The Hall–Kier alpha value is -3.77. The van der Waals surface area contributed by atoms with Gasteiger partial charge < -0.3 is 16.0 Å². The first-order chi connectivity index (χ1) is 15.7. The number of aryl methyl sites for hydroxylation is 1. The second-order valence-corrected chi connectivity index (χ2v) is 9.38. The van der Waals surface area contributed by atoms with Crippen molar-refractivity contribution in [2.75, 3.05) is 43.0 Å². The number of nitrogens with one attached hydrogen (secondary N) is 3. The van der Waals surface area contributed by atoms with Crippen molar-refractivity contribution in [3.8, 4) is 11.4 Å². The van der Waals surface area contributed by atoms with E-state index in [-0.39, 0.29) is 10.7 Å². The van der Waals surface area contributed by atoms with E-state index in [0.29, 0.717) is 29.5 Å². The highest BCUT2D eigenvalue weighted by Crippen LogP contribution is 2.27. The highest BCUT2D eigenvalue weighted by Gasteiger charge is 2.18. The molecule has 0 aliphatic rings. The fourth-order valence-electron chi connectivity index (χ4n) is 3.26. The molecule has 0 saturated carbocycles. The molecular weight excluding hydrogens is 442 g/mol. The van der Waals surface area contributed by atoms with Crippen LogP contribution >= 0.6 is 0 Å². The number of fused-ring (bicyclic) bond motifs is 1. The zero-order chi connectivity index (χ0) is 23.6. The molecule has 4 rings (SSSR count). The monoisotopic (exact) mass is 467 g/mol. The van der Waals surface area contributed by atoms with E-state index in [9.17, 15) is 8.42 Å². The van der Waals surface area contributed by atoms with Crippen molar-refractivity contribution in [2.24, 2.45) is 0 Å². The molecule has 0 unspecified atom stereocenters. The Morgan fingerprint density at radius 1 is 1.12 bits per heavy atom. The van der Waals surface area contributed by atoms with Crippen molar-refractivity contribution in [3.63, 3.8) is 0 Å². The molecular formula is C21H25N9O2S. The number of sulfonamides is 1. The Kier molecular flexibility index (Phi) is 6.11. The van der Waals surface area contributed by atoms with Crippen LogP contribution < -0.4 is 15.8 Å². The largest absolute Gasteiger partial charge is 0.383 e. The second kappa shape index (κ2) is 9.00. The predicted molar refractivity (Wildman–Crippen MR) is 128 cm³/mol. The lowest BCUT2D eigenvalue weighted by atomic mass is 10.2. The fourth-order valence-corrected chi connectivity index (χ4v) is 4.40. The summed E-state index contributed by atoms with van der Waals surface area (Å²) in [6.07, 6.45) is 1.44. The molecule has 0 bridgehead atoms. The summed E-state index contributed by atoms with van der Waals surface area (Å²) in [5.41, 5.74) is 8.25.